The normalized spacial score (nSPS) is 12.0. The monoisotopic (exact) mass is 315 g/mol. The van der Waals surface area contributed by atoms with Gasteiger partial charge in [-0.15, -0.1) is 11.3 Å². The van der Waals surface area contributed by atoms with Gasteiger partial charge in [0.25, 0.3) is 0 Å². The van der Waals surface area contributed by atoms with E-state index in [-0.39, 0.29) is 4.90 Å². The van der Waals surface area contributed by atoms with E-state index in [1.165, 1.54) is 16.4 Å². The number of halogens is 1. The minimum absolute atomic E-state index is 0.258. The Kier molecular flexibility index (Phi) is 4.30. The Morgan fingerprint density at radius 1 is 1.21 bits per heavy atom. The molecule has 0 bridgehead atoms. The number of thiophene rings is 1. The van der Waals surface area contributed by atoms with Gasteiger partial charge in [-0.2, -0.15) is 4.31 Å². The van der Waals surface area contributed by atoms with E-state index in [4.69, 9.17) is 11.6 Å². The van der Waals surface area contributed by atoms with Gasteiger partial charge in [-0.25, -0.2) is 8.42 Å². The lowest BCUT2D eigenvalue weighted by atomic mass is 10.3. The van der Waals surface area contributed by atoms with Crippen molar-refractivity contribution in [3.8, 4) is 0 Å². The number of aryl methyl sites for hydroxylation is 1. The van der Waals surface area contributed by atoms with Gasteiger partial charge >= 0.3 is 0 Å². The van der Waals surface area contributed by atoms with E-state index in [0.29, 0.717) is 11.6 Å². The maximum atomic E-state index is 12.4. The summed E-state index contributed by atoms with van der Waals surface area (Å²) in [7, 11) is -1.88. The van der Waals surface area contributed by atoms with Crippen LogP contribution in [0.25, 0.3) is 0 Å². The third kappa shape index (κ3) is 3.17. The minimum Gasteiger partial charge on any atom is -0.207 e. The van der Waals surface area contributed by atoms with Crippen LogP contribution >= 0.6 is 22.9 Å². The molecule has 2 aromatic rings. The Bertz CT molecular complexity index is 662. The lowest BCUT2D eigenvalue weighted by Crippen LogP contribution is -2.26. The Morgan fingerprint density at radius 2 is 1.84 bits per heavy atom. The molecule has 0 amide bonds. The number of rotatable bonds is 4. The lowest BCUT2D eigenvalue weighted by molar-refractivity contribution is 0.469. The molecule has 102 valence electrons. The van der Waals surface area contributed by atoms with Crippen LogP contribution in [0.5, 0.6) is 0 Å². The van der Waals surface area contributed by atoms with Crippen molar-refractivity contribution < 1.29 is 8.42 Å². The highest BCUT2D eigenvalue weighted by Crippen LogP contribution is 2.22. The van der Waals surface area contributed by atoms with Crippen LogP contribution in [0.15, 0.2) is 40.6 Å². The fourth-order valence-corrected chi connectivity index (χ4v) is 3.95. The molecular weight excluding hydrogens is 302 g/mol. The van der Waals surface area contributed by atoms with Gasteiger partial charge in [-0.3, -0.25) is 0 Å². The Balaban J connectivity index is 2.24. The van der Waals surface area contributed by atoms with Crippen LogP contribution in [0, 0.1) is 6.92 Å². The zero-order valence-corrected chi connectivity index (χ0v) is 13.0. The Hall–Kier alpha value is -0.880. The van der Waals surface area contributed by atoms with Crippen LogP contribution in [0.4, 0.5) is 0 Å². The van der Waals surface area contributed by atoms with Crippen molar-refractivity contribution in [2.24, 2.45) is 0 Å². The second-order valence-corrected chi connectivity index (χ2v) is 7.72. The molecule has 0 aliphatic heterocycles. The zero-order chi connectivity index (χ0) is 14.0. The maximum Gasteiger partial charge on any atom is 0.243 e. The topological polar surface area (TPSA) is 37.4 Å². The van der Waals surface area contributed by atoms with Crippen LogP contribution in [0.2, 0.25) is 5.02 Å². The Labute approximate surface area is 122 Å². The molecule has 0 atom stereocenters. The van der Waals surface area contributed by atoms with Gasteiger partial charge in [0.15, 0.2) is 0 Å². The van der Waals surface area contributed by atoms with E-state index in [0.717, 1.165) is 10.4 Å². The fourth-order valence-electron chi connectivity index (χ4n) is 1.64. The van der Waals surface area contributed by atoms with Gasteiger partial charge in [0.2, 0.25) is 10.0 Å². The standard InChI is InChI=1S/C13H14ClNO2S2/c1-10-7-8-18-13(10)9-15(2)19(16,17)12-5-3-11(14)4-6-12/h3-8H,9H2,1-2H3. The first-order chi connectivity index (χ1) is 8.91. The van der Waals surface area contributed by atoms with Gasteiger partial charge in [0.1, 0.15) is 0 Å². The van der Waals surface area contributed by atoms with Crippen molar-refractivity contribution in [2.45, 2.75) is 18.4 Å². The molecule has 6 heteroatoms. The highest BCUT2D eigenvalue weighted by atomic mass is 35.5. The van der Waals surface area contributed by atoms with Gasteiger partial charge in [0, 0.05) is 23.5 Å². The van der Waals surface area contributed by atoms with Crippen molar-refractivity contribution in [3.05, 3.63) is 51.2 Å². The summed E-state index contributed by atoms with van der Waals surface area (Å²) in [6.07, 6.45) is 0. The second-order valence-electron chi connectivity index (χ2n) is 4.24. The van der Waals surface area contributed by atoms with Gasteiger partial charge in [0.05, 0.1) is 4.90 Å². The number of hydrogen-bond donors (Lipinski definition) is 0. The van der Waals surface area contributed by atoms with Crippen molar-refractivity contribution >= 4 is 33.0 Å². The van der Waals surface area contributed by atoms with Gasteiger partial charge < -0.3 is 0 Å². The van der Waals surface area contributed by atoms with Crippen molar-refractivity contribution in [2.75, 3.05) is 7.05 Å². The van der Waals surface area contributed by atoms with Crippen LogP contribution in [-0.4, -0.2) is 19.8 Å². The molecule has 1 heterocycles. The number of sulfonamides is 1. The van der Waals surface area contributed by atoms with Crippen LogP contribution in [-0.2, 0) is 16.6 Å². The van der Waals surface area contributed by atoms with Gasteiger partial charge in [-0.05, 0) is 48.2 Å². The van der Waals surface area contributed by atoms with Crippen molar-refractivity contribution in [1.82, 2.24) is 4.31 Å². The predicted octanol–water partition coefficient (Wildman–Crippen LogP) is 3.53. The molecule has 3 nitrogen and oxygen atoms in total. The van der Waals surface area contributed by atoms with Crippen LogP contribution in [0.3, 0.4) is 0 Å². The molecule has 19 heavy (non-hydrogen) atoms. The summed E-state index contributed by atoms with van der Waals surface area (Å²) in [5.74, 6) is 0. The second kappa shape index (κ2) is 5.63. The summed E-state index contributed by atoms with van der Waals surface area (Å²) in [5.41, 5.74) is 1.11. The summed E-state index contributed by atoms with van der Waals surface area (Å²) >= 11 is 7.33. The number of hydrogen-bond acceptors (Lipinski definition) is 3. The SMILES string of the molecule is Cc1ccsc1CN(C)S(=O)(=O)c1ccc(Cl)cc1. The Morgan fingerprint density at radius 3 is 2.37 bits per heavy atom. The third-order valence-electron chi connectivity index (χ3n) is 2.86. The van der Waals surface area contributed by atoms with E-state index in [2.05, 4.69) is 0 Å². The fraction of sp³-hybridized carbons (Fsp3) is 0.231. The van der Waals surface area contributed by atoms with Crippen molar-refractivity contribution in [3.63, 3.8) is 0 Å². The lowest BCUT2D eigenvalue weighted by Gasteiger charge is -2.17. The molecule has 0 saturated heterocycles. The molecule has 2 rings (SSSR count). The minimum atomic E-state index is -3.47. The first-order valence-corrected chi connectivity index (χ1v) is 8.36. The molecule has 0 saturated carbocycles. The first-order valence-electron chi connectivity index (χ1n) is 5.66. The average Bonchev–Trinajstić information content (AvgIpc) is 2.75. The summed E-state index contributed by atoms with van der Waals surface area (Å²) in [6, 6.07) is 8.20. The molecule has 1 aromatic heterocycles. The molecule has 0 aliphatic carbocycles. The van der Waals surface area contributed by atoms with Crippen LogP contribution < -0.4 is 0 Å². The largest absolute Gasteiger partial charge is 0.243 e. The van der Waals surface area contributed by atoms with Crippen molar-refractivity contribution in [1.29, 1.82) is 0 Å². The summed E-state index contributed by atoms with van der Waals surface area (Å²) < 4.78 is 26.1. The molecule has 0 spiro atoms. The highest BCUT2D eigenvalue weighted by molar-refractivity contribution is 7.89. The number of nitrogens with zero attached hydrogens (tertiary/aromatic N) is 1. The van der Waals surface area contributed by atoms with Gasteiger partial charge in [-0.1, -0.05) is 11.6 Å². The first kappa shape index (κ1) is 14.5. The van der Waals surface area contributed by atoms with E-state index >= 15 is 0 Å². The third-order valence-corrected chi connectivity index (χ3v) is 5.93. The molecule has 0 N–H and O–H groups in total. The molecule has 0 aliphatic rings. The van der Waals surface area contributed by atoms with E-state index in [1.54, 1.807) is 30.5 Å². The van der Waals surface area contributed by atoms with E-state index < -0.39 is 10.0 Å². The summed E-state index contributed by atoms with van der Waals surface area (Å²) in [5, 5.41) is 2.49. The average molecular weight is 316 g/mol. The van der Waals surface area contributed by atoms with Crippen LogP contribution in [0.1, 0.15) is 10.4 Å². The maximum absolute atomic E-state index is 12.4. The molecule has 0 unspecified atom stereocenters. The van der Waals surface area contributed by atoms with E-state index in [1.807, 2.05) is 18.4 Å². The highest BCUT2D eigenvalue weighted by Gasteiger charge is 2.21. The molecule has 0 radical (unpaired) electrons. The quantitative estimate of drug-likeness (QED) is 0.865. The predicted molar refractivity (Wildman–Crippen MR) is 79.2 cm³/mol. The van der Waals surface area contributed by atoms with E-state index in [9.17, 15) is 8.42 Å². The molecule has 1 aromatic carbocycles. The number of benzene rings is 1. The molecular formula is C13H14ClNO2S2. The summed E-state index contributed by atoms with van der Waals surface area (Å²) in [4.78, 5) is 1.31. The molecule has 0 fully saturated rings. The zero-order valence-electron chi connectivity index (χ0n) is 10.6. The smallest absolute Gasteiger partial charge is 0.207 e. The summed E-state index contributed by atoms with van der Waals surface area (Å²) in [6.45, 7) is 2.36.